The van der Waals surface area contributed by atoms with E-state index in [2.05, 4.69) is 15.6 Å². The van der Waals surface area contributed by atoms with Crippen molar-refractivity contribution in [3.8, 4) is 0 Å². The van der Waals surface area contributed by atoms with E-state index < -0.39 is 0 Å². The highest BCUT2D eigenvalue weighted by Crippen LogP contribution is 2.30. The van der Waals surface area contributed by atoms with Crippen LogP contribution in [0, 0.1) is 0 Å². The third-order valence-electron chi connectivity index (χ3n) is 2.94. The van der Waals surface area contributed by atoms with Crippen molar-refractivity contribution in [2.75, 3.05) is 30.0 Å². The average Bonchev–Trinajstić information content (AvgIpc) is 2.39. The fraction of sp³-hybridized carbons (Fsp3) is 0.583. The average molecular weight is 306 g/mol. The highest BCUT2D eigenvalue weighted by molar-refractivity contribution is 7.99. The molecule has 100 valence electrons. The van der Waals surface area contributed by atoms with Crippen LogP contribution in [0.2, 0.25) is 10.0 Å². The molecular formula is C12H17Cl2N3S. The topological polar surface area (TPSA) is 37.0 Å². The number of nitrogens with zero attached hydrogens (tertiary/aromatic N) is 1. The van der Waals surface area contributed by atoms with E-state index in [4.69, 9.17) is 23.2 Å². The number of hydrogen-bond donors (Lipinski definition) is 2. The molecule has 1 aromatic rings. The Labute approximate surface area is 122 Å². The first-order valence-electron chi connectivity index (χ1n) is 6.10. The molecule has 1 fully saturated rings. The summed E-state index contributed by atoms with van der Waals surface area (Å²) in [6.07, 6.45) is 3.93. The van der Waals surface area contributed by atoms with E-state index in [0.717, 1.165) is 6.54 Å². The zero-order valence-electron chi connectivity index (χ0n) is 10.3. The normalized spacial score (nSPS) is 19.6. The van der Waals surface area contributed by atoms with E-state index in [1.807, 2.05) is 11.8 Å². The van der Waals surface area contributed by atoms with Crippen molar-refractivity contribution in [3.05, 3.63) is 16.1 Å². The van der Waals surface area contributed by atoms with Crippen LogP contribution in [0.1, 0.15) is 19.3 Å². The lowest BCUT2D eigenvalue weighted by Gasteiger charge is -2.22. The number of aromatic nitrogens is 1. The van der Waals surface area contributed by atoms with Gasteiger partial charge in [0.05, 0.1) is 10.0 Å². The first-order chi connectivity index (χ1) is 8.70. The van der Waals surface area contributed by atoms with Gasteiger partial charge in [0.15, 0.2) is 0 Å². The molecule has 0 saturated carbocycles. The summed E-state index contributed by atoms with van der Waals surface area (Å²) in [4.78, 5) is 4.38. The number of rotatable bonds is 4. The second-order valence-electron chi connectivity index (χ2n) is 4.27. The molecule has 0 bridgehead atoms. The minimum atomic E-state index is 0.542. The Balaban J connectivity index is 1.99. The third-order valence-corrected chi connectivity index (χ3v) is 4.91. The number of pyridine rings is 1. The van der Waals surface area contributed by atoms with Gasteiger partial charge >= 0.3 is 0 Å². The summed E-state index contributed by atoms with van der Waals surface area (Å²) in [5.74, 6) is 2.62. The van der Waals surface area contributed by atoms with Crippen molar-refractivity contribution >= 4 is 46.6 Å². The molecule has 18 heavy (non-hydrogen) atoms. The summed E-state index contributed by atoms with van der Waals surface area (Å²) < 4.78 is 0. The maximum Gasteiger partial charge on any atom is 0.147 e. The summed E-state index contributed by atoms with van der Waals surface area (Å²) in [5.41, 5.74) is 0. The van der Waals surface area contributed by atoms with Gasteiger partial charge in [-0.3, -0.25) is 0 Å². The van der Waals surface area contributed by atoms with Crippen LogP contribution in [0.25, 0.3) is 0 Å². The quantitative estimate of drug-likeness (QED) is 0.877. The monoisotopic (exact) mass is 305 g/mol. The predicted molar refractivity (Wildman–Crippen MR) is 82.4 cm³/mol. The summed E-state index contributed by atoms with van der Waals surface area (Å²) in [6, 6.07) is 1.72. The third kappa shape index (κ3) is 3.59. The lowest BCUT2D eigenvalue weighted by molar-refractivity contribution is 0.677. The number of halogens is 2. The molecule has 1 aromatic heterocycles. The van der Waals surface area contributed by atoms with Crippen LogP contribution < -0.4 is 10.6 Å². The van der Waals surface area contributed by atoms with Crippen molar-refractivity contribution in [1.29, 1.82) is 0 Å². The molecule has 1 saturated heterocycles. The van der Waals surface area contributed by atoms with Crippen LogP contribution >= 0.6 is 35.0 Å². The van der Waals surface area contributed by atoms with Crippen LogP contribution in [-0.2, 0) is 0 Å². The SMILES string of the molecule is CNc1nc(NCC2CCCCS2)c(Cl)cc1Cl. The van der Waals surface area contributed by atoms with Gasteiger partial charge in [0, 0.05) is 18.8 Å². The van der Waals surface area contributed by atoms with Gasteiger partial charge in [-0.2, -0.15) is 11.8 Å². The maximum absolute atomic E-state index is 6.13. The molecule has 1 aliphatic heterocycles. The zero-order chi connectivity index (χ0) is 13.0. The molecule has 2 heterocycles. The Hall–Kier alpha value is -0.320. The molecule has 3 nitrogen and oxygen atoms in total. The molecule has 1 atom stereocenters. The molecule has 0 spiro atoms. The van der Waals surface area contributed by atoms with E-state index in [1.54, 1.807) is 13.1 Å². The van der Waals surface area contributed by atoms with E-state index in [1.165, 1.54) is 25.0 Å². The highest BCUT2D eigenvalue weighted by Gasteiger charge is 2.15. The Morgan fingerprint density at radius 1 is 1.33 bits per heavy atom. The molecular weight excluding hydrogens is 289 g/mol. The van der Waals surface area contributed by atoms with Gasteiger partial charge in [-0.15, -0.1) is 0 Å². The molecule has 2 rings (SSSR count). The smallest absolute Gasteiger partial charge is 0.147 e. The van der Waals surface area contributed by atoms with Gasteiger partial charge in [-0.1, -0.05) is 29.6 Å². The summed E-state index contributed by atoms with van der Waals surface area (Å²) in [5, 5.41) is 8.04. The van der Waals surface area contributed by atoms with Crippen LogP contribution in [0.5, 0.6) is 0 Å². The van der Waals surface area contributed by atoms with Crippen LogP contribution in [-0.4, -0.2) is 29.6 Å². The second-order valence-corrected chi connectivity index (χ2v) is 6.49. The van der Waals surface area contributed by atoms with Crippen LogP contribution in [0.15, 0.2) is 6.07 Å². The van der Waals surface area contributed by atoms with E-state index in [0.29, 0.717) is 26.9 Å². The molecule has 0 radical (unpaired) electrons. The van der Waals surface area contributed by atoms with Crippen molar-refractivity contribution in [3.63, 3.8) is 0 Å². The number of anilines is 2. The Bertz CT molecular complexity index is 409. The molecule has 0 aliphatic carbocycles. The molecule has 0 amide bonds. The van der Waals surface area contributed by atoms with Crippen LogP contribution in [0.4, 0.5) is 11.6 Å². The Morgan fingerprint density at radius 3 is 2.78 bits per heavy atom. The van der Waals surface area contributed by atoms with Crippen molar-refractivity contribution in [2.24, 2.45) is 0 Å². The molecule has 6 heteroatoms. The van der Waals surface area contributed by atoms with Crippen molar-refractivity contribution in [2.45, 2.75) is 24.5 Å². The predicted octanol–water partition coefficient (Wildman–Crippen LogP) is 4.13. The van der Waals surface area contributed by atoms with E-state index in [9.17, 15) is 0 Å². The first-order valence-corrected chi connectivity index (χ1v) is 7.90. The summed E-state index contributed by atoms with van der Waals surface area (Å²) >= 11 is 14.2. The van der Waals surface area contributed by atoms with Gasteiger partial charge in [0.2, 0.25) is 0 Å². The molecule has 1 aliphatic rings. The zero-order valence-corrected chi connectivity index (χ0v) is 12.6. The van der Waals surface area contributed by atoms with Gasteiger partial charge in [0.1, 0.15) is 11.6 Å². The summed E-state index contributed by atoms with van der Waals surface area (Å²) in [6.45, 7) is 0.905. The van der Waals surface area contributed by atoms with Crippen molar-refractivity contribution < 1.29 is 0 Å². The minimum Gasteiger partial charge on any atom is -0.372 e. The fourth-order valence-electron chi connectivity index (χ4n) is 1.94. The highest BCUT2D eigenvalue weighted by atomic mass is 35.5. The molecule has 1 unspecified atom stereocenters. The van der Waals surface area contributed by atoms with Crippen LogP contribution in [0.3, 0.4) is 0 Å². The molecule has 2 N–H and O–H groups in total. The van der Waals surface area contributed by atoms with Gasteiger partial charge < -0.3 is 10.6 Å². The summed E-state index contributed by atoms with van der Waals surface area (Å²) in [7, 11) is 1.79. The molecule has 0 aromatic carbocycles. The lowest BCUT2D eigenvalue weighted by atomic mass is 10.2. The Morgan fingerprint density at radius 2 is 2.11 bits per heavy atom. The minimum absolute atomic E-state index is 0.542. The maximum atomic E-state index is 6.13. The van der Waals surface area contributed by atoms with Gasteiger partial charge in [0.25, 0.3) is 0 Å². The van der Waals surface area contributed by atoms with E-state index in [-0.39, 0.29) is 0 Å². The lowest BCUT2D eigenvalue weighted by Crippen LogP contribution is -2.20. The number of thioether (sulfide) groups is 1. The largest absolute Gasteiger partial charge is 0.372 e. The standard InChI is InChI=1S/C12H17Cl2N3S/c1-15-11-9(13)6-10(14)12(17-11)16-7-8-4-2-3-5-18-8/h6,8H,2-5,7H2,1H3,(H2,15,16,17). The Kier molecular flexibility index (Phi) is 5.27. The number of nitrogens with one attached hydrogen (secondary N) is 2. The van der Waals surface area contributed by atoms with E-state index >= 15 is 0 Å². The van der Waals surface area contributed by atoms with Crippen molar-refractivity contribution in [1.82, 2.24) is 4.98 Å². The fourth-order valence-corrected chi connectivity index (χ4v) is 3.70. The first kappa shape index (κ1) is 14.1. The second kappa shape index (κ2) is 6.73. The van der Waals surface area contributed by atoms with Gasteiger partial charge in [-0.25, -0.2) is 4.98 Å². The van der Waals surface area contributed by atoms with Gasteiger partial charge in [-0.05, 0) is 24.7 Å². The number of hydrogen-bond acceptors (Lipinski definition) is 4.